The highest BCUT2D eigenvalue weighted by molar-refractivity contribution is 6.44. The molecule has 138 valence electrons. The summed E-state index contributed by atoms with van der Waals surface area (Å²) in [7, 11) is 1.61. The van der Waals surface area contributed by atoms with E-state index in [4.69, 9.17) is 32.5 Å². The van der Waals surface area contributed by atoms with Gasteiger partial charge in [-0.3, -0.25) is 4.79 Å². The molecule has 1 saturated carbocycles. The Balaban J connectivity index is 1.59. The number of carbonyl (C=O) groups excluding carboxylic acids is 1. The van der Waals surface area contributed by atoms with Crippen LogP contribution in [0.2, 0.25) is 10.0 Å². The molecular weight excluding hydrogens is 387 g/mol. The molecule has 0 saturated heterocycles. The number of halogens is 2. The topological polar surface area (TPSA) is 64.4 Å². The van der Waals surface area contributed by atoms with Crippen molar-refractivity contribution in [2.75, 3.05) is 12.4 Å². The molecule has 0 aliphatic heterocycles. The van der Waals surface area contributed by atoms with Crippen LogP contribution in [0, 0.1) is 0 Å². The number of aromatic nitrogens is 1. The molecule has 0 atom stereocenters. The summed E-state index contributed by atoms with van der Waals surface area (Å²) in [4.78, 5) is 12.9. The number of benzene rings is 2. The van der Waals surface area contributed by atoms with Gasteiger partial charge >= 0.3 is 0 Å². The number of ether oxygens (including phenoxy) is 1. The molecule has 1 aromatic heterocycles. The SMILES string of the molecule is COc1cccc(-c2cc(C3(C(=O)Nc4cccc(Cl)c4Cl)CC3)no2)c1. The van der Waals surface area contributed by atoms with Crippen LogP contribution in [-0.2, 0) is 10.2 Å². The van der Waals surface area contributed by atoms with Crippen LogP contribution in [0.4, 0.5) is 5.69 Å². The van der Waals surface area contributed by atoms with Crippen LogP contribution in [0.25, 0.3) is 11.3 Å². The first-order valence-corrected chi connectivity index (χ1v) is 9.16. The van der Waals surface area contributed by atoms with Gasteiger partial charge in [-0.1, -0.05) is 46.6 Å². The van der Waals surface area contributed by atoms with Gasteiger partial charge in [0.15, 0.2) is 5.76 Å². The van der Waals surface area contributed by atoms with E-state index in [-0.39, 0.29) is 5.91 Å². The maximum Gasteiger partial charge on any atom is 0.236 e. The third-order valence-electron chi connectivity index (χ3n) is 4.74. The first kappa shape index (κ1) is 17.9. The van der Waals surface area contributed by atoms with Crippen molar-refractivity contribution >= 4 is 34.8 Å². The number of nitrogens with zero attached hydrogens (tertiary/aromatic N) is 1. The predicted octanol–water partition coefficient (Wildman–Crippen LogP) is 5.33. The van der Waals surface area contributed by atoms with E-state index in [9.17, 15) is 4.79 Å². The fourth-order valence-electron chi connectivity index (χ4n) is 2.98. The zero-order valence-corrected chi connectivity index (χ0v) is 16.0. The molecule has 1 aliphatic carbocycles. The summed E-state index contributed by atoms with van der Waals surface area (Å²) in [6.07, 6.45) is 1.39. The van der Waals surface area contributed by atoms with E-state index in [1.165, 1.54) is 0 Å². The number of rotatable bonds is 5. The Bertz CT molecular complexity index is 1010. The fraction of sp³-hybridized carbons (Fsp3) is 0.200. The van der Waals surface area contributed by atoms with Crippen molar-refractivity contribution in [2.24, 2.45) is 0 Å². The Morgan fingerprint density at radius 1 is 1.19 bits per heavy atom. The van der Waals surface area contributed by atoms with Gasteiger partial charge < -0.3 is 14.6 Å². The summed E-state index contributed by atoms with van der Waals surface area (Å²) >= 11 is 12.2. The summed E-state index contributed by atoms with van der Waals surface area (Å²) in [5, 5.41) is 7.72. The van der Waals surface area contributed by atoms with Gasteiger partial charge in [0.05, 0.1) is 34.0 Å². The van der Waals surface area contributed by atoms with E-state index in [0.29, 0.717) is 40.0 Å². The Hall–Kier alpha value is -2.50. The smallest absolute Gasteiger partial charge is 0.236 e. The Kier molecular flexibility index (Phi) is 4.58. The average Bonchev–Trinajstić information content (AvgIpc) is 3.35. The highest BCUT2D eigenvalue weighted by Gasteiger charge is 2.54. The zero-order chi connectivity index (χ0) is 19.0. The van der Waals surface area contributed by atoms with Gasteiger partial charge in [-0.25, -0.2) is 0 Å². The lowest BCUT2D eigenvalue weighted by Crippen LogP contribution is -2.28. The number of carbonyl (C=O) groups is 1. The molecule has 27 heavy (non-hydrogen) atoms. The monoisotopic (exact) mass is 402 g/mol. The van der Waals surface area contributed by atoms with Crippen molar-refractivity contribution in [1.29, 1.82) is 0 Å². The molecular formula is C20H16Cl2N2O3. The molecule has 3 aromatic rings. The first-order chi connectivity index (χ1) is 13.0. The number of hydrogen-bond acceptors (Lipinski definition) is 4. The number of methoxy groups -OCH3 is 1. The molecule has 4 rings (SSSR count). The zero-order valence-electron chi connectivity index (χ0n) is 14.5. The molecule has 1 aliphatic rings. The molecule has 5 nitrogen and oxygen atoms in total. The van der Waals surface area contributed by atoms with Gasteiger partial charge in [0.1, 0.15) is 5.75 Å². The minimum atomic E-state index is -0.702. The molecule has 0 radical (unpaired) electrons. The molecule has 0 bridgehead atoms. The standard InChI is InChI=1S/C20H16Cl2N2O3/c1-26-13-5-2-4-12(10-13)16-11-17(24-27-16)20(8-9-20)19(25)23-15-7-3-6-14(21)18(15)22/h2-7,10-11H,8-9H2,1H3,(H,23,25). The third kappa shape index (κ3) is 3.29. The molecule has 1 fully saturated rings. The summed E-state index contributed by atoms with van der Waals surface area (Å²) in [5.41, 5.74) is 1.22. The van der Waals surface area contributed by atoms with Crippen molar-refractivity contribution in [3.05, 3.63) is 64.3 Å². The van der Waals surface area contributed by atoms with E-state index < -0.39 is 5.41 Å². The molecule has 1 N–H and O–H groups in total. The first-order valence-electron chi connectivity index (χ1n) is 8.40. The highest BCUT2D eigenvalue weighted by Crippen LogP contribution is 2.49. The van der Waals surface area contributed by atoms with Gasteiger partial charge in [-0.15, -0.1) is 0 Å². The highest BCUT2D eigenvalue weighted by atomic mass is 35.5. The predicted molar refractivity (Wildman–Crippen MR) is 104 cm³/mol. The quantitative estimate of drug-likeness (QED) is 0.626. The largest absolute Gasteiger partial charge is 0.497 e. The van der Waals surface area contributed by atoms with E-state index in [1.54, 1.807) is 31.4 Å². The molecule has 0 spiro atoms. The van der Waals surface area contributed by atoms with Gasteiger partial charge in [0.25, 0.3) is 0 Å². The molecule has 7 heteroatoms. The summed E-state index contributed by atoms with van der Waals surface area (Å²) in [6, 6.07) is 14.4. The summed E-state index contributed by atoms with van der Waals surface area (Å²) < 4.78 is 10.7. The second-order valence-electron chi connectivity index (χ2n) is 6.45. The van der Waals surface area contributed by atoms with E-state index in [0.717, 1.165) is 11.3 Å². The Morgan fingerprint density at radius 3 is 2.70 bits per heavy atom. The van der Waals surface area contributed by atoms with E-state index >= 15 is 0 Å². The maximum atomic E-state index is 12.9. The molecule has 0 unspecified atom stereocenters. The number of amides is 1. The number of nitrogens with one attached hydrogen (secondary N) is 1. The van der Waals surface area contributed by atoms with Gasteiger partial charge in [-0.2, -0.15) is 0 Å². The van der Waals surface area contributed by atoms with Crippen LogP contribution in [0.1, 0.15) is 18.5 Å². The van der Waals surface area contributed by atoms with Gasteiger partial charge in [-0.05, 0) is 37.1 Å². The van der Waals surface area contributed by atoms with Crippen LogP contribution in [0.15, 0.2) is 53.1 Å². The van der Waals surface area contributed by atoms with Crippen molar-refractivity contribution in [1.82, 2.24) is 5.16 Å². The van der Waals surface area contributed by atoms with E-state index in [2.05, 4.69) is 10.5 Å². The van der Waals surface area contributed by atoms with Crippen LogP contribution in [0.3, 0.4) is 0 Å². The van der Waals surface area contributed by atoms with Crippen LogP contribution in [-0.4, -0.2) is 18.2 Å². The lowest BCUT2D eigenvalue weighted by Gasteiger charge is -2.13. The Morgan fingerprint density at radius 2 is 1.96 bits per heavy atom. The lowest BCUT2D eigenvalue weighted by molar-refractivity contribution is -0.118. The minimum absolute atomic E-state index is 0.169. The normalized spacial score (nSPS) is 14.6. The lowest BCUT2D eigenvalue weighted by atomic mass is 10.00. The van der Waals surface area contributed by atoms with Crippen molar-refractivity contribution in [3.8, 4) is 17.1 Å². The average molecular weight is 403 g/mol. The molecule has 1 heterocycles. The summed E-state index contributed by atoms with van der Waals surface area (Å²) in [5.74, 6) is 1.14. The van der Waals surface area contributed by atoms with Gasteiger partial charge in [0, 0.05) is 11.6 Å². The maximum absolute atomic E-state index is 12.9. The number of anilines is 1. The van der Waals surface area contributed by atoms with Crippen LogP contribution in [0.5, 0.6) is 5.75 Å². The van der Waals surface area contributed by atoms with E-state index in [1.807, 2.05) is 24.3 Å². The van der Waals surface area contributed by atoms with Gasteiger partial charge in [0.2, 0.25) is 5.91 Å². The second kappa shape index (κ2) is 6.91. The third-order valence-corrected chi connectivity index (χ3v) is 5.56. The second-order valence-corrected chi connectivity index (χ2v) is 7.23. The fourth-order valence-corrected chi connectivity index (χ4v) is 3.33. The van der Waals surface area contributed by atoms with Crippen LogP contribution < -0.4 is 10.1 Å². The minimum Gasteiger partial charge on any atom is -0.497 e. The van der Waals surface area contributed by atoms with Crippen molar-refractivity contribution < 1.29 is 14.1 Å². The Labute approximate surface area is 166 Å². The number of hydrogen-bond donors (Lipinski definition) is 1. The molecule has 1 amide bonds. The van der Waals surface area contributed by atoms with Crippen molar-refractivity contribution in [2.45, 2.75) is 18.3 Å². The molecule has 2 aromatic carbocycles. The van der Waals surface area contributed by atoms with Crippen molar-refractivity contribution in [3.63, 3.8) is 0 Å². The summed E-state index contributed by atoms with van der Waals surface area (Å²) in [6.45, 7) is 0. The van der Waals surface area contributed by atoms with Crippen LogP contribution >= 0.6 is 23.2 Å².